The lowest BCUT2D eigenvalue weighted by Crippen LogP contribution is -2.26. The van der Waals surface area contributed by atoms with Gasteiger partial charge in [0.05, 0.1) is 0 Å². The Morgan fingerprint density at radius 1 is 1.41 bits per heavy atom. The molecule has 0 saturated heterocycles. The van der Waals surface area contributed by atoms with Gasteiger partial charge in [-0.2, -0.15) is 0 Å². The Bertz CT molecular complexity index is 405. The molecule has 0 aliphatic heterocycles. The summed E-state index contributed by atoms with van der Waals surface area (Å²) >= 11 is 3.43. The van der Waals surface area contributed by atoms with Gasteiger partial charge in [0.2, 0.25) is 0 Å². The van der Waals surface area contributed by atoms with Crippen molar-refractivity contribution in [2.24, 2.45) is 17.6 Å². The molecular formula is C14H18BrNO. The summed E-state index contributed by atoms with van der Waals surface area (Å²) in [5.74, 6) is 0.963. The van der Waals surface area contributed by atoms with E-state index in [1.165, 1.54) is 0 Å². The number of nitrogens with two attached hydrogens (primary N) is 1. The summed E-state index contributed by atoms with van der Waals surface area (Å²) in [6, 6.07) is 7.98. The topological polar surface area (TPSA) is 43.1 Å². The molecule has 0 heterocycles. The van der Waals surface area contributed by atoms with Crippen molar-refractivity contribution in [3.05, 3.63) is 34.3 Å². The Balaban J connectivity index is 2.01. The summed E-state index contributed by atoms with van der Waals surface area (Å²) in [5, 5.41) is 0. The second-order valence-electron chi connectivity index (χ2n) is 4.81. The number of benzene rings is 1. The molecule has 2 rings (SSSR count). The minimum Gasteiger partial charge on any atom is -0.330 e. The molecule has 0 bridgehead atoms. The average Bonchev–Trinajstić information content (AvgIpc) is 2.77. The van der Waals surface area contributed by atoms with Gasteiger partial charge in [0, 0.05) is 16.8 Å². The Labute approximate surface area is 111 Å². The van der Waals surface area contributed by atoms with E-state index >= 15 is 0 Å². The molecule has 1 aromatic rings. The molecule has 0 spiro atoms. The molecule has 1 fully saturated rings. The van der Waals surface area contributed by atoms with Gasteiger partial charge in [-0.3, -0.25) is 4.79 Å². The van der Waals surface area contributed by atoms with Crippen molar-refractivity contribution in [1.29, 1.82) is 0 Å². The van der Waals surface area contributed by atoms with Crippen LogP contribution in [0.15, 0.2) is 28.7 Å². The quantitative estimate of drug-likeness (QED) is 0.928. The van der Waals surface area contributed by atoms with Crippen molar-refractivity contribution >= 4 is 21.7 Å². The first kappa shape index (κ1) is 12.8. The maximum atomic E-state index is 12.2. The van der Waals surface area contributed by atoms with Crippen LogP contribution in [0.5, 0.6) is 0 Å². The zero-order valence-corrected chi connectivity index (χ0v) is 11.4. The molecule has 1 aliphatic rings. The summed E-state index contributed by atoms with van der Waals surface area (Å²) < 4.78 is 1.03. The first-order valence-electron chi connectivity index (χ1n) is 6.18. The second-order valence-corrected chi connectivity index (χ2v) is 5.72. The molecule has 2 nitrogen and oxygen atoms in total. The molecule has 2 unspecified atom stereocenters. The molecule has 1 saturated carbocycles. The fourth-order valence-electron chi connectivity index (χ4n) is 2.72. The number of Topliss-reactive ketones (excluding diaryl/α,β-unsaturated/α-hetero) is 1. The van der Waals surface area contributed by atoms with E-state index in [0.717, 1.165) is 29.3 Å². The molecule has 0 aromatic heterocycles. The van der Waals surface area contributed by atoms with Crippen LogP contribution < -0.4 is 5.73 Å². The fourth-order valence-corrected chi connectivity index (χ4v) is 3.17. The average molecular weight is 296 g/mol. The summed E-state index contributed by atoms with van der Waals surface area (Å²) in [6.07, 6.45) is 3.83. The summed E-state index contributed by atoms with van der Waals surface area (Å²) in [5.41, 5.74) is 6.81. The van der Waals surface area contributed by atoms with Crippen LogP contribution in [0.25, 0.3) is 0 Å². The molecule has 2 atom stereocenters. The lowest BCUT2D eigenvalue weighted by atomic mass is 9.89. The zero-order valence-electron chi connectivity index (χ0n) is 9.86. The molecule has 1 aromatic carbocycles. The van der Waals surface area contributed by atoms with Gasteiger partial charge in [-0.1, -0.05) is 34.5 Å². The number of carbonyl (C=O) groups excluding carboxylic acids is 1. The fraction of sp³-hybridized carbons (Fsp3) is 0.500. The van der Waals surface area contributed by atoms with Crippen LogP contribution in [-0.2, 0) is 11.2 Å². The third-order valence-electron chi connectivity index (χ3n) is 3.64. The summed E-state index contributed by atoms with van der Waals surface area (Å²) in [7, 11) is 0. The van der Waals surface area contributed by atoms with E-state index < -0.39 is 0 Å². The number of carbonyl (C=O) groups is 1. The first-order valence-corrected chi connectivity index (χ1v) is 6.97. The van der Waals surface area contributed by atoms with Gasteiger partial charge in [-0.25, -0.2) is 0 Å². The number of rotatable bonds is 4. The minimum absolute atomic E-state index is 0.194. The summed E-state index contributed by atoms with van der Waals surface area (Å²) in [6.45, 7) is 0.648. The van der Waals surface area contributed by atoms with Gasteiger partial charge in [0.1, 0.15) is 5.78 Å². The van der Waals surface area contributed by atoms with Crippen molar-refractivity contribution in [1.82, 2.24) is 0 Å². The largest absolute Gasteiger partial charge is 0.330 e. The minimum atomic E-state index is 0.194. The summed E-state index contributed by atoms with van der Waals surface area (Å²) in [4.78, 5) is 12.2. The normalized spacial score (nSPS) is 23.9. The van der Waals surface area contributed by atoms with Crippen molar-refractivity contribution in [3.8, 4) is 0 Å². The van der Waals surface area contributed by atoms with Crippen LogP contribution >= 0.6 is 15.9 Å². The molecule has 0 radical (unpaired) electrons. The second kappa shape index (κ2) is 5.78. The number of halogens is 1. The van der Waals surface area contributed by atoms with Crippen LogP contribution in [0.1, 0.15) is 24.8 Å². The van der Waals surface area contributed by atoms with Crippen molar-refractivity contribution in [2.75, 3.05) is 6.54 Å². The van der Waals surface area contributed by atoms with Crippen LogP contribution in [-0.4, -0.2) is 12.3 Å². The van der Waals surface area contributed by atoms with Gasteiger partial charge in [-0.05, 0) is 43.0 Å². The van der Waals surface area contributed by atoms with Crippen molar-refractivity contribution < 1.29 is 4.79 Å². The van der Waals surface area contributed by atoms with Crippen LogP contribution in [0.4, 0.5) is 0 Å². The Morgan fingerprint density at radius 3 is 2.94 bits per heavy atom. The van der Waals surface area contributed by atoms with E-state index in [-0.39, 0.29) is 5.92 Å². The van der Waals surface area contributed by atoms with E-state index in [9.17, 15) is 4.79 Å². The molecule has 2 N–H and O–H groups in total. The molecule has 3 heteroatoms. The van der Waals surface area contributed by atoms with Gasteiger partial charge in [-0.15, -0.1) is 0 Å². The molecular weight excluding hydrogens is 278 g/mol. The van der Waals surface area contributed by atoms with Gasteiger partial charge in [0.15, 0.2) is 0 Å². The molecule has 1 aliphatic carbocycles. The predicted octanol–water partition coefficient (Wildman–Crippen LogP) is 2.94. The SMILES string of the molecule is NCC1CCCC1C(=O)Cc1cccc(Br)c1. The number of ketones is 1. The zero-order chi connectivity index (χ0) is 12.3. The molecule has 0 amide bonds. The van der Waals surface area contributed by atoms with Crippen LogP contribution in [0.3, 0.4) is 0 Å². The van der Waals surface area contributed by atoms with E-state index in [4.69, 9.17) is 5.73 Å². The highest BCUT2D eigenvalue weighted by molar-refractivity contribution is 9.10. The lowest BCUT2D eigenvalue weighted by Gasteiger charge is -2.16. The van der Waals surface area contributed by atoms with Gasteiger partial charge < -0.3 is 5.73 Å². The van der Waals surface area contributed by atoms with Gasteiger partial charge >= 0.3 is 0 Å². The monoisotopic (exact) mass is 295 g/mol. The lowest BCUT2D eigenvalue weighted by molar-refractivity contribution is -0.123. The third-order valence-corrected chi connectivity index (χ3v) is 4.14. The molecule has 17 heavy (non-hydrogen) atoms. The van der Waals surface area contributed by atoms with E-state index in [0.29, 0.717) is 24.7 Å². The van der Waals surface area contributed by atoms with Crippen LogP contribution in [0, 0.1) is 11.8 Å². The third kappa shape index (κ3) is 3.17. The smallest absolute Gasteiger partial charge is 0.140 e. The van der Waals surface area contributed by atoms with E-state index in [1.54, 1.807) is 0 Å². The maximum absolute atomic E-state index is 12.2. The van der Waals surface area contributed by atoms with Crippen molar-refractivity contribution in [3.63, 3.8) is 0 Å². The highest BCUT2D eigenvalue weighted by atomic mass is 79.9. The first-order chi connectivity index (χ1) is 8.20. The maximum Gasteiger partial charge on any atom is 0.140 e. The highest BCUT2D eigenvalue weighted by Crippen LogP contribution is 2.32. The highest BCUT2D eigenvalue weighted by Gasteiger charge is 2.31. The van der Waals surface area contributed by atoms with Crippen molar-refractivity contribution in [2.45, 2.75) is 25.7 Å². The standard InChI is InChI=1S/C14H18BrNO/c15-12-5-1-3-10(7-12)8-14(17)13-6-2-4-11(13)9-16/h1,3,5,7,11,13H,2,4,6,8-9,16H2. The Hall–Kier alpha value is -0.670. The number of hydrogen-bond acceptors (Lipinski definition) is 2. The van der Waals surface area contributed by atoms with E-state index in [2.05, 4.69) is 15.9 Å². The van der Waals surface area contributed by atoms with Crippen LogP contribution in [0.2, 0.25) is 0 Å². The van der Waals surface area contributed by atoms with Gasteiger partial charge in [0.25, 0.3) is 0 Å². The Kier molecular flexibility index (Phi) is 4.35. The Morgan fingerprint density at radius 2 is 2.24 bits per heavy atom. The predicted molar refractivity (Wildman–Crippen MR) is 72.7 cm³/mol. The van der Waals surface area contributed by atoms with E-state index in [1.807, 2.05) is 24.3 Å². The number of hydrogen-bond donors (Lipinski definition) is 1. The molecule has 92 valence electrons.